The lowest BCUT2D eigenvalue weighted by Gasteiger charge is -2.08. The molecule has 3 aromatic rings. The second-order valence-electron chi connectivity index (χ2n) is 8.29. The van der Waals surface area contributed by atoms with Gasteiger partial charge in [-0.2, -0.15) is 0 Å². The van der Waals surface area contributed by atoms with Crippen molar-refractivity contribution in [2.24, 2.45) is 0 Å². The van der Waals surface area contributed by atoms with E-state index in [1.807, 2.05) is 0 Å². The van der Waals surface area contributed by atoms with Gasteiger partial charge in [0.25, 0.3) is 5.56 Å². The molecule has 0 bridgehead atoms. The Labute approximate surface area is 206 Å². The molecule has 0 radical (unpaired) electrons. The zero-order valence-electron chi connectivity index (χ0n) is 20.7. The third-order valence-corrected chi connectivity index (χ3v) is 5.98. The van der Waals surface area contributed by atoms with Crippen molar-refractivity contribution in [3.63, 3.8) is 0 Å². The molecule has 0 unspecified atom stereocenters. The van der Waals surface area contributed by atoms with Crippen LogP contribution in [0.4, 0.5) is 5.69 Å². The minimum atomic E-state index is -3.55. The normalized spacial score (nSPS) is 10.9. The molecule has 192 valence electrons. The summed E-state index contributed by atoms with van der Waals surface area (Å²) in [7, 11) is -2.28. The lowest BCUT2D eigenvalue weighted by Crippen LogP contribution is -2.37. The zero-order valence-corrected chi connectivity index (χ0v) is 21.5. The highest BCUT2D eigenvalue weighted by molar-refractivity contribution is 7.89. The lowest BCUT2D eigenvalue weighted by molar-refractivity contribution is 0.0601. The Morgan fingerprint density at radius 1 is 0.944 bits per heavy atom. The SMILES string of the molecule is CC(=O)c1cc2c(=O)n(CS(C)(=O)=O)c(=O)[nH]c2cc1C.COC(=O)c1cc(C(C)=O)c(C)cc1N. The van der Waals surface area contributed by atoms with Crippen LogP contribution in [-0.4, -0.2) is 48.9 Å². The number of benzene rings is 2. The molecule has 0 saturated heterocycles. The van der Waals surface area contributed by atoms with Gasteiger partial charge in [0.15, 0.2) is 21.4 Å². The van der Waals surface area contributed by atoms with Gasteiger partial charge < -0.3 is 15.5 Å². The summed E-state index contributed by atoms with van der Waals surface area (Å²) in [5, 5.41) is 0.106. The van der Waals surface area contributed by atoms with E-state index in [2.05, 4.69) is 9.72 Å². The van der Waals surface area contributed by atoms with Gasteiger partial charge in [0.05, 0.1) is 23.6 Å². The van der Waals surface area contributed by atoms with E-state index < -0.39 is 32.9 Å². The minimum absolute atomic E-state index is 0.0994. The number of esters is 1. The molecule has 0 aliphatic heterocycles. The number of Topliss-reactive ketones (excluding diaryl/α,β-unsaturated/α-hetero) is 2. The number of aromatic nitrogens is 2. The van der Waals surface area contributed by atoms with Gasteiger partial charge in [-0.15, -0.1) is 0 Å². The van der Waals surface area contributed by atoms with E-state index in [4.69, 9.17) is 5.73 Å². The summed E-state index contributed by atoms with van der Waals surface area (Å²) in [6.07, 6.45) is 0.930. The number of aryl methyl sites for hydroxylation is 2. The Hall–Kier alpha value is -4.06. The van der Waals surface area contributed by atoms with Crippen molar-refractivity contribution < 1.29 is 27.5 Å². The van der Waals surface area contributed by atoms with Crippen LogP contribution < -0.4 is 17.0 Å². The van der Waals surface area contributed by atoms with Crippen molar-refractivity contribution in [2.45, 2.75) is 33.6 Å². The summed E-state index contributed by atoms with van der Waals surface area (Å²) in [4.78, 5) is 60.7. The standard InChI is InChI=1S/C13H14N2O5S.C11H13NO3/c1-7-4-11-10(5-9(7)8(2)16)12(17)15(13(18)14-11)6-21(3,19)20;1-6-4-10(12)9(11(14)15-3)5-8(6)7(2)13/h4-5H,6H2,1-3H3,(H,14,18);4-5H,12H2,1-3H3. The number of carbonyl (C=O) groups is 3. The largest absolute Gasteiger partial charge is 0.465 e. The molecule has 0 fully saturated rings. The first-order valence-electron chi connectivity index (χ1n) is 10.5. The van der Waals surface area contributed by atoms with E-state index in [9.17, 15) is 32.4 Å². The quantitative estimate of drug-likeness (QED) is 0.290. The summed E-state index contributed by atoms with van der Waals surface area (Å²) in [5.74, 6) is -1.55. The second kappa shape index (κ2) is 10.7. The molecule has 1 aromatic heterocycles. The molecule has 0 aliphatic rings. The Balaban J connectivity index is 0.000000269. The first kappa shape index (κ1) is 28.2. The number of nitrogen functional groups attached to an aromatic ring is 1. The number of nitrogens with zero attached hydrogens (tertiary/aromatic N) is 1. The van der Waals surface area contributed by atoms with Gasteiger partial charge in [0.2, 0.25) is 0 Å². The van der Waals surface area contributed by atoms with Crippen molar-refractivity contribution in [1.29, 1.82) is 0 Å². The van der Waals surface area contributed by atoms with Crippen LogP contribution >= 0.6 is 0 Å². The first-order chi connectivity index (χ1) is 16.6. The third kappa shape index (κ3) is 6.33. The lowest BCUT2D eigenvalue weighted by atomic mass is 10.0. The number of ether oxygens (including phenoxy) is 1. The van der Waals surface area contributed by atoms with Gasteiger partial charge in [-0.3, -0.25) is 14.4 Å². The predicted octanol–water partition coefficient (Wildman–Crippen LogP) is 1.77. The van der Waals surface area contributed by atoms with Crippen molar-refractivity contribution in [3.05, 3.63) is 72.9 Å². The average molecular weight is 518 g/mol. The minimum Gasteiger partial charge on any atom is -0.465 e. The number of anilines is 1. The van der Waals surface area contributed by atoms with Crippen LogP contribution in [0.15, 0.2) is 33.9 Å². The maximum atomic E-state index is 12.3. The van der Waals surface area contributed by atoms with E-state index >= 15 is 0 Å². The average Bonchev–Trinajstić information content (AvgIpc) is 2.75. The Morgan fingerprint density at radius 3 is 1.97 bits per heavy atom. The summed E-state index contributed by atoms with van der Waals surface area (Å²) in [5.41, 5.74) is 7.19. The first-order valence-corrected chi connectivity index (χ1v) is 12.6. The molecule has 12 heteroatoms. The van der Waals surface area contributed by atoms with E-state index in [1.165, 1.54) is 39.2 Å². The van der Waals surface area contributed by atoms with E-state index in [1.54, 1.807) is 19.9 Å². The van der Waals surface area contributed by atoms with Gasteiger partial charge in [0.1, 0.15) is 5.88 Å². The molecule has 0 aliphatic carbocycles. The number of carbonyl (C=O) groups excluding carboxylic acids is 3. The van der Waals surface area contributed by atoms with E-state index in [0.29, 0.717) is 26.9 Å². The van der Waals surface area contributed by atoms with Gasteiger partial charge in [-0.25, -0.2) is 22.6 Å². The topological polar surface area (TPSA) is 175 Å². The van der Waals surface area contributed by atoms with Crippen molar-refractivity contribution in [2.75, 3.05) is 19.1 Å². The van der Waals surface area contributed by atoms with Gasteiger partial charge in [-0.1, -0.05) is 0 Å². The highest BCUT2D eigenvalue weighted by Crippen LogP contribution is 2.20. The molecule has 2 aromatic carbocycles. The second-order valence-corrected chi connectivity index (χ2v) is 10.4. The molecule has 0 amide bonds. The highest BCUT2D eigenvalue weighted by Gasteiger charge is 2.16. The van der Waals surface area contributed by atoms with Crippen LogP contribution in [0, 0.1) is 13.8 Å². The van der Waals surface area contributed by atoms with E-state index in [0.717, 1.165) is 11.8 Å². The molecular formula is C24H27N3O8S. The van der Waals surface area contributed by atoms with Crippen LogP contribution in [-0.2, 0) is 20.5 Å². The molecule has 3 N–H and O–H groups in total. The number of H-pyrrole nitrogens is 1. The van der Waals surface area contributed by atoms with Gasteiger partial charge in [0, 0.05) is 23.1 Å². The molecule has 1 heterocycles. The van der Waals surface area contributed by atoms with Gasteiger partial charge in [-0.05, 0) is 63.1 Å². The fraction of sp³-hybridized carbons (Fsp3) is 0.292. The number of sulfone groups is 1. The van der Waals surface area contributed by atoms with Crippen molar-refractivity contribution >= 4 is 44.0 Å². The monoisotopic (exact) mass is 517 g/mol. The maximum absolute atomic E-state index is 12.3. The molecule has 0 atom stereocenters. The predicted molar refractivity (Wildman–Crippen MR) is 135 cm³/mol. The van der Waals surface area contributed by atoms with Crippen LogP contribution in [0.25, 0.3) is 10.9 Å². The number of rotatable bonds is 5. The zero-order chi connectivity index (χ0) is 27.5. The Kier molecular flexibility index (Phi) is 8.37. The van der Waals surface area contributed by atoms with E-state index in [-0.39, 0.29) is 28.0 Å². The number of hydrogen-bond donors (Lipinski definition) is 2. The number of aromatic amines is 1. The number of nitrogens with one attached hydrogen (secondary N) is 1. The smallest absolute Gasteiger partial charge is 0.339 e. The fourth-order valence-electron chi connectivity index (χ4n) is 3.54. The summed E-state index contributed by atoms with van der Waals surface area (Å²) in [6.45, 7) is 6.28. The number of ketones is 2. The number of nitrogens with two attached hydrogens (primary N) is 1. The molecule has 3 rings (SSSR count). The van der Waals surface area contributed by atoms with Crippen molar-refractivity contribution in [3.8, 4) is 0 Å². The molecule has 0 spiro atoms. The van der Waals surface area contributed by atoms with Gasteiger partial charge >= 0.3 is 11.7 Å². The van der Waals surface area contributed by atoms with Crippen LogP contribution in [0.5, 0.6) is 0 Å². The van der Waals surface area contributed by atoms with Crippen LogP contribution in [0.3, 0.4) is 0 Å². The van der Waals surface area contributed by atoms with Crippen LogP contribution in [0.2, 0.25) is 0 Å². The number of hydrogen-bond acceptors (Lipinski definition) is 9. The number of fused-ring (bicyclic) bond motifs is 1. The van der Waals surface area contributed by atoms with Crippen LogP contribution in [0.1, 0.15) is 56.0 Å². The molecule has 0 saturated carbocycles. The Morgan fingerprint density at radius 2 is 1.47 bits per heavy atom. The maximum Gasteiger partial charge on any atom is 0.339 e. The summed E-state index contributed by atoms with van der Waals surface area (Å²) in [6, 6.07) is 5.98. The third-order valence-electron chi connectivity index (χ3n) is 5.25. The summed E-state index contributed by atoms with van der Waals surface area (Å²) < 4.78 is 27.8. The Bertz CT molecular complexity index is 1620. The van der Waals surface area contributed by atoms with Crippen molar-refractivity contribution in [1.82, 2.24) is 9.55 Å². The summed E-state index contributed by atoms with van der Waals surface area (Å²) >= 11 is 0. The molecule has 11 nitrogen and oxygen atoms in total. The highest BCUT2D eigenvalue weighted by atomic mass is 32.2. The molecule has 36 heavy (non-hydrogen) atoms. The fourth-order valence-corrected chi connectivity index (χ4v) is 4.24. The molecular weight excluding hydrogens is 490 g/mol. The number of methoxy groups -OCH3 is 1.